The van der Waals surface area contributed by atoms with Crippen LogP contribution in [0.1, 0.15) is 44.2 Å². The Morgan fingerprint density at radius 1 is 1.13 bits per heavy atom. The highest BCUT2D eigenvalue weighted by molar-refractivity contribution is 5.79. The molecular weight excluding hydrogens is 376 g/mol. The summed E-state index contributed by atoms with van der Waals surface area (Å²) in [6, 6.07) is 5.97. The normalized spacial score (nSPS) is 27.3. The molecule has 1 saturated carbocycles. The molecule has 2 fully saturated rings. The van der Waals surface area contributed by atoms with Crippen LogP contribution in [0.2, 0.25) is 0 Å². The van der Waals surface area contributed by atoms with Crippen LogP contribution in [0.25, 0.3) is 11.0 Å². The molecule has 2 unspecified atom stereocenters. The molecule has 7 nitrogen and oxygen atoms in total. The van der Waals surface area contributed by atoms with Gasteiger partial charge in [-0.3, -0.25) is 4.79 Å². The zero-order chi connectivity index (χ0) is 20.5. The molecule has 0 amide bonds. The van der Waals surface area contributed by atoms with Gasteiger partial charge in [0.1, 0.15) is 5.82 Å². The summed E-state index contributed by atoms with van der Waals surface area (Å²) in [4.78, 5) is 29.4. The molecule has 6 aliphatic heterocycles. The first-order chi connectivity index (χ1) is 14.5. The van der Waals surface area contributed by atoms with Gasteiger partial charge < -0.3 is 14.8 Å². The summed E-state index contributed by atoms with van der Waals surface area (Å²) in [5, 5.41) is 3.21. The second kappa shape index (κ2) is 6.27. The lowest BCUT2D eigenvalue weighted by molar-refractivity contribution is -0.0264. The number of pyridine rings is 2. The topological polar surface area (TPSA) is 75.9 Å². The standard InChI is InChI=1S/C23H26N6O/c1-14-11-20(30)29-15(2)17-5-6-23(17)7-9-28(10-8-23)16-3-4-19(24-12-16)26-22-25-13-18(29)21(14)27-22/h3-4,11-13,15,17H,5-10H2,1-2H3,(H,24,25,26,27). The van der Waals surface area contributed by atoms with Crippen molar-refractivity contribution in [2.24, 2.45) is 11.3 Å². The number of fused-ring (bicyclic) bond motifs is 1. The summed E-state index contributed by atoms with van der Waals surface area (Å²) in [6.45, 7) is 6.26. The Balaban J connectivity index is 1.56. The van der Waals surface area contributed by atoms with Crippen LogP contribution in [0.15, 0.2) is 35.4 Å². The number of nitrogens with zero attached hydrogens (tertiary/aromatic N) is 5. The smallest absolute Gasteiger partial charge is 0.251 e. The van der Waals surface area contributed by atoms with Crippen LogP contribution in [0.5, 0.6) is 0 Å². The zero-order valence-corrected chi connectivity index (χ0v) is 17.4. The predicted molar refractivity (Wildman–Crippen MR) is 117 cm³/mol. The molecule has 2 atom stereocenters. The van der Waals surface area contributed by atoms with Crippen LogP contribution in [0.4, 0.5) is 17.5 Å². The van der Waals surface area contributed by atoms with Crippen molar-refractivity contribution in [3.05, 3.63) is 46.5 Å². The lowest BCUT2D eigenvalue weighted by Crippen LogP contribution is -2.52. The summed E-state index contributed by atoms with van der Waals surface area (Å²) < 4.78 is 1.95. The van der Waals surface area contributed by atoms with E-state index in [0.717, 1.165) is 35.5 Å². The maximum Gasteiger partial charge on any atom is 0.251 e. The van der Waals surface area contributed by atoms with E-state index in [1.54, 1.807) is 12.3 Å². The van der Waals surface area contributed by atoms with E-state index in [1.807, 2.05) is 23.8 Å². The molecule has 30 heavy (non-hydrogen) atoms. The number of hydrogen-bond donors (Lipinski definition) is 1. The van der Waals surface area contributed by atoms with Crippen molar-refractivity contribution in [2.75, 3.05) is 23.3 Å². The first kappa shape index (κ1) is 17.9. The van der Waals surface area contributed by atoms with E-state index in [9.17, 15) is 4.79 Å². The first-order valence-electron chi connectivity index (χ1n) is 10.9. The third-order valence-electron chi connectivity index (χ3n) is 7.82. The number of aryl methyl sites for hydroxylation is 1. The number of piperidine rings is 1. The van der Waals surface area contributed by atoms with Crippen molar-refractivity contribution < 1.29 is 0 Å². The second-order valence-corrected chi connectivity index (χ2v) is 9.22. The fourth-order valence-electron chi connectivity index (χ4n) is 6.01. The summed E-state index contributed by atoms with van der Waals surface area (Å²) in [7, 11) is 0. The fraction of sp³-hybridized carbons (Fsp3) is 0.478. The highest BCUT2D eigenvalue weighted by Crippen LogP contribution is 2.58. The van der Waals surface area contributed by atoms with Gasteiger partial charge >= 0.3 is 0 Å². The van der Waals surface area contributed by atoms with Gasteiger partial charge in [-0.05, 0) is 68.6 Å². The highest BCUT2D eigenvalue weighted by atomic mass is 16.1. The maximum atomic E-state index is 13.1. The Morgan fingerprint density at radius 3 is 2.67 bits per heavy atom. The van der Waals surface area contributed by atoms with Crippen LogP contribution in [0, 0.1) is 18.3 Å². The molecule has 0 radical (unpaired) electrons. The molecule has 0 aromatic carbocycles. The monoisotopic (exact) mass is 402 g/mol. The average Bonchev–Trinajstić information content (AvgIpc) is 2.73. The summed E-state index contributed by atoms with van der Waals surface area (Å²) in [6.07, 6.45) is 8.51. The minimum atomic E-state index is 0.0499. The van der Waals surface area contributed by atoms with Crippen molar-refractivity contribution in [3.8, 4) is 0 Å². The third-order valence-corrected chi connectivity index (χ3v) is 7.82. The minimum Gasteiger partial charge on any atom is -0.370 e. The van der Waals surface area contributed by atoms with Crippen LogP contribution in [-0.2, 0) is 0 Å². The van der Waals surface area contributed by atoms with Crippen molar-refractivity contribution in [1.82, 2.24) is 19.5 Å². The lowest BCUT2D eigenvalue weighted by atomic mass is 9.53. The molecule has 10 rings (SSSR count). The molecule has 1 aliphatic carbocycles. The number of aromatic nitrogens is 4. The summed E-state index contributed by atoms with van der Waals surface area (Å²) in [5.41, 5.74) is 4.08. The van der Waals surface area contributed by atoms with Crippen molar-refractivity contribution in [2.45, 2.75) is 45.6 Å². The number of anilines is 3. The Hall–Kier alpha value is -2.96. The van der Waals surface area contributed by atoms with Crippen molar-refractivity contribution in [3.63, 3.8) is 0 Å². The van der Waals surface area contributed by atoms with Gasteiger partial charge in [0.05, 0.1) is 29.1 Å². The van der Waals surface area contributed by atoms with Gasteiger partial charge in [-0.2, -0.15) is 0 Å². The lowest BCUT2D eigenvalue weighted by Gasteiger charge is -2.56. The third kappa shape index (κ3) is 2.50. The van der Waals surface area contributed by atoms with Gasteiger partial charge in [-0.1, -0.05) is 0 Å². The van der Waals surface area contributed by atoms with Gasteiger partial charge in [0.15, 0.2) is 0 Å². The molecule has 3 aromatic heterocycles. The predicted octanol–water partition coefficient (Wildman–Crippen LogP) is 3.81. The molecule has 9 heterocycles. The van der Waals surface area contributed by atoms with E-state index in [4.69, 9.17) is 4.98 Å². The van der Waals surface area contributed by atoms with E-state index in [1.165, 1.54) is 31.4 Å². The molecule has 8 bridgehead atoms. The number of nitrogens with one attached hydrogen (secondary N) is 1. The summed E-state index contributed by atoms with van der Waals surface area (Å²) >= 11 is 0. The maximum absolute atomic E-state index is 13.1. The Bertz CT molecular complexity index is 1190. The molecule has 7 aliphatic rings. The fourth-order valence-corrected chi connectivity index (χ4v) is 6.01. The molecule has 1 spiro atoms. The molecule has 7 heteroatoms. The van der Waals surface area contributed by atoms with Crippen LogP contribution in [-0.4, -0.2) is 32.6 Å². The van der Waals surface area contributed by atoms with E-state index in [-0.39, 0.29) is 11.6 Å². The largest absolute Gasteiger partial charge is 0.370 e. The SMILES string of the molecule is Cc1cc(=O)n2c3cnc(nc13)Nc1ccc(cn1)N1CCC3(CCC3C2C)CC1. The number of rotatable bonds is 0. The van der Waals surface area contributed by atoms with Crippen LogP contribution >= 0.6 is 0 Å². The molecule has 1 saturated heterocycles. The molecular formula is C23H26N6O. The van der Waals surface area contributed by atoms with Gasteiger partial charge in [0.25, 0.3) is 5.56 Å². The van der Waals surface area contributed by atoms with Crippen molar-refractivity contribution in [1.29, 1.82) is 0 Å². The van der Waals surface area contributed by atoms with E-state index in [0.29, 0.717) is 17.3 Å². The van der Waals surface area contributed by atoms with Crippen molar-refractivity contribution >= 4 is 28.5 Å². The Labute approximate surface area is 175 Å². The highest BCUT2D eigenvalue weighted by Gasteiger charge is 2.50. The summed E-state index contributed by atoms with van der Waals surface area (Å²) in [5.74, 6) is 1.73. The van der Waals surface area contributed by atoms with E-state index < -0.39 is 0 Å². The van der Waals surface area contributed by atoms with Gasteiger partial charge in [0.2, 0.25) is 5.95 Å². The molecule has 3 aromatic rings. The van der Waals surface area contributed by atoms with Crippen LogP contribution in [0.3, 0.4) is 0 Å². The average molecular weight is 403 g/mol. The van der Waals surface area contributed by atoms with Gasteiger partial charge in [-0.15, -0.1) is 0 Å². The Kier molecular flexibility index (Phi) is 3.73. The van der Waals surface area contributed by atoms with E-state index in [2.05, 4.69) is 33.2 Å². The van der Waals surface area contributed by atoms with Gasteiger partial charge in [-0.25, -0.2) is 15.0 Å². The zero-order valence-electron chi connectivity index (χ0n) is 17.4. The second-order valence-electron chi connectivity index (χ2n) is 9.22. The quantitative estimate of drug-likeness (QED) is 0.616. The van der Waals surface area contributed by atoms with Gasteiger partial charge in [0, 0.05) is 25.2 Å². The first-order valence-corrected chi connectivity index (χ1v) is 10.9. The minimum absolute atomic E-state index is 0.0499. The molecule has 1 N–H and O–H groups in total. The molecule has 154 valence electrons. The van der Waals surface area contributed by atoms with E-state index >= 15 is 0 Å². The number of hydrogen-bond acceptors (Lipinski definition) is 6. The Morgan fingerprint density at radius 2 is 1.97 bits per heavy atom. The van der Waals surface area contributed by atoms with Crippen LogP contribution < -0.4 is 15.8 Å².